The third-order valence-electron chi connectivity index (χ3n) is 5.30. The van der Waals surface area contributed by atoms with Crippen LogP contribution in [0.5, 0.6) is 5.75 Å². The molecule has 1 amide bonds. The first-order valence-electron chi connectivity index (χ1n) is 10.2. The van der Waals surface area contributed by atoms with Crippen molar-refractivity contribution in [2.24, 2.45) is 11.7 Å². The van der Waals surface area contributed by atoms with Crippen molar-refractivity contribution in [3.63, 3.8) is 0 Å². The summed E-state index contributed by atoms with van der Waals surface area (Å²) in [7, 11) is 1.54. The molecule has 2 aromatic carbocycles. The maximum atomic E-state index is 12.8. The van der Waals surface area contributed by atoms with Gasteiger partial charge >= 0.3 is 5.97 Å². The predicted octanol–water partition coefficient (Wildman–Crippen LogP) is 2.96. The molecular weight excluding hydrogens is 382 g/mol. The molecule has 0 saturated heterocycles. The number of nitrogens with one attached hydrogen (secondary N) is 1. The van der Waals surface area contributed by atoms with Crippen LogP contribution in [0.4, 0.5) is 5.69 Å². The molecule has 1 fully saturated rings. The minimum Gasteiger partial charge on any atom is -0.496 e. The van der Waals surface area contributed by atoms with Crippen LogP contribution in [0.3, 0.4) is 0 Å². The lowest BCUT2D eigenvalue weighted by Gasteiger charge is -2.24. The van der Waals surface area contributed by atoms with Crippen molar-refractivity contribution < 1.29 is 19.4 Å². The van der Waals surface area contributed by atoms with Gasteiger partial charge in [0.1, 0.15) is 11.8 Å². The summed E-state index contributed by atoms with van der Waals surface area (Å²) in [6.07, 6.45) is 2.79. The number of nitrogens with two attached hydrogens (primary N) is 1. The fourth-order valence-corrected chi connectivity index (χ4v) is 3.39. The molecule has 0 spiro atoms. The summed E-state index contributed by atoms with van der Waals surface area (Å²) in [5, 5.41) is 12.1. The van der Waals surface area contributed by atoms with Gasteiger partial charge in [-0.15, -0.1) is 0 Å². The number of hydrogen-bond donors (Lipinski definition) is 3. The molecule has 1 unspecified atom stereocenters. The van der Waals surface area contributed by atoms with Crippen molar-refractivity contribution in [3.05, 3.63) is 59.7 Å². The third kappa shape index (κ3) is 6.05. The minimum atomic E-state index is -0.981. The number of carboxylic acid groups (broad SMARTS) is 1. The van der Waals surface area contributed by atoms with Crippen LogP contribution in [0.25, 0.3) is 0 Å². The predicted molar refractivity (Wildman–Crippen MR) is 116 cm³/mol. The number of carbonyl (C=O) groups is 2. The molecule has 1 aliphatic carbocycles. The molecule has 2 aromatic rings. The molecule has 1 saturated carbocycles. The number of ether oxygens (including phenoxy) is 1. The number of anilines is 1. The molecule has 160 valence electrons. The van der Waals surface area contributed by atoms with E-state index in [1.54, 1.807) is 18.2 Å². The smallest absolute Gasteiger partial charge is 0.320 e. The van der Waals surface area contributed by atoms with Crippen LogP contribution >= 0.6 is 0 Å². The number of methoxy groups -OCH3 is 1. The Morgan fingerprint density at radius 2 is 1.90 bits per heavy atom. The second-order valence-electron chi connectivity index (χ2n) is 7.72. The van der Waals surface area contributed by atoms with E-state index in [0.717, 1.165) is 17.8 Å². The molecule has 0 bridgehead atoms. The molecule has 7 heteroatoms. The van der Waals surface area contributed by atoms with Gasteiger partial charge in [0.25, 0.3) is 5.91 Å². The summed E-state index contributed by atoms with van der Waals surface area (Å²) in [4.78, 5) is 26.1. The van der Waals surface area contributed by atoms with E-state index >= 15 is 0 Å². The number of rotatable bonds is 11. The average Bonchev–Trinajstić information content (AvgIpc) is 3.57. The van der Waals surface area contributed by atoms with Crippen LogP contribution in [-0.4, -0.2) is 48.1 Å². The van der Waals surface area contributed by atoms with Crippen molar-refractivity contribution >= 4 is 17.6 Å². The molecule has 1 aliphatic rings. The summed E-state index contributed by atoms with van der Waals surface area (Å²) < 4.78 is 5.29. The van der Waals surface area contributed by atoms with E-state index in [1.165, 1.54) is 20.0 Å². The first-order valence-corrected chi connectivity index (χ1v) is 10.2. The second kappa shape index (κ2) is 10.2. The number of nitrogens with zero attached hydrogens (tertiary/aromatic N) is 1. The Kier molecular flexibility index (Phi) is 7.43. The summed E-state index contributed by atoms with van der Waals surface area (Å²) >= 11 is 0. The van der Waals surface area contributed by atoms with Crippen LogP contribution in [0.1, 0.15) is 35.2 Å². The average molecular weight is 412 g/mol. The molecule has 0 aromatic heterocycles. The Morgan fingerprint density at radius 3 is 2.60 bits per heavy atom. The van der Waals surface area contributed by atoms with Crippen LogP contribution in [0, 0.1) is 5.92 Å². The number of benzene rings is 2. The maximum absolute atomic E-state index is 12.8. The van der Waals surface area contributed by atoms with E-state index in [4.69, 9.17) is 15.6 Å². The fourth-order valence-electron chi connectivity index (χ4n) is 3.39. The Hall–Kier alpha value is -2.90. The lowest BCUT2D eigenvalue weighted by Crippen LogP contribution is -2.36. The number of hydrogen-bond acceptors (Lipinski definition) is 5. The van der Waals surface area contributed by atoms with E-state index < -0.39 is 12.0 Å². The van der Waals surface area contributed by atoms with E-state index in [0.29, 0.717) is 36.7 Å². The zero-order valence-corrected chi connectivity index (χ0v) is 17.2. The van der Waals surface area contributed by atoms with Gasteiger partial charge < -0.3 is 20.9 Å². The first-order chi connectivity index (χ1) is 14.5. The Labute approximate surface area is 176 Å². The lowest BCUT2D eigenvalue weighted by atomic mass is 10.1. The van der Waals surface area contributed by atoms with Crippen LogP contribution in [0.15, 0.2) is 48.5 Å². The quantitative estimate of drug-likeness (QED) is 0.525. The zero-order chi connectivity index (χ0) is 21.5. The number of para-hydroxylation sites is 2. The Bertz CT molecular complexity index is 882. The molecule has 0 heterocycles. The van der Waals surface area contributed by atoms with Gasteiger partial charge in [-0.3, -0.25) is 14.5 Å². The molecular formula is C23H29N3O4. The Morgan fingerprint density at radius 1 is 1.20 bits per heavy atom. The van der Waals surface area contributed by atoms with Crippen LogP contribution in [-0.2, 0) is 11.3 Å². The highest BCUT2D eigenvalue weighted by molar-refractivity contribution is 6.06. The van der Waals surface area contributed by atoms with Crippen molar-refractivity contribution in [1.29, 1.82) is 0 Å². The van der Waals surface area contributed by atoms with Crippen LogP contribution < -0.4 is 15.8 Å². The number of aliphatic carboxylic acids is 1. The Balaban J connectivity index is 1.72. The zero-order valence-electron chi connectivity index (χ0n) is 17.2. The maximum Gasteiger partial charge on any atom is 0.320 e. The minimum absolute atomic E-state index is 0.235. The van der Waals surface area contributed by atoms with Crippen molar-refractivity contribution in [3.8, 4) is 5.75 Å². The van der Waals surface area contributed by atoms with Crippen molar-refractivity contribution in [2.45, 2.75) is 31.8 Å². The summed E-state index contributed by atoms with van der Waals surface area (Å²) in [5.74, 6) is -0.0423. The molecule has 0 radical (unpaired) electrons. The summed E-state index contributed by atoms with van der Waals surface area (Å²) in [6.45, 7) is 2.12. The topological polar surface area (TPSA) is 105 Å². The SMILES string of the molecule is COc1ccccc1C(=O)Nc1ccccc1CN(CCC(N)C(=O)O)CC1CC1. The van der Waals surface area contributed by atoms with Gasteiger partial charge in [0.2, 0.25) is 0 Å². The number of amides is 1. The largest absolute Gasteiger partial charge is 0.496 e. The van der Waals surface area contributed by atoms with Gasteiger partial charge in [0.05, 0.1) is 12.7 Å². The first kappa shape index (κ1) is 21.8. The van der Waals surface area contributed by atoms with Gasteiger partial charge in [0, 0.05) is 25.3 Å². The molecule has 4 N–H and O–H groups in total. The standard InChI is InChI=1S/C23H29N3O4/c1-30-21-9-5-3-7-18(21)22(27)25-20-8-4-2-6-17(20)15-26(14-16-10-11-16)13-12-19(24)23(28)29/h2-9,16,19H,10-15,24H2,1H3,(H,25,27)(H,28,29). The van der Waals surface area contributed by atoms with Gasteiger partial charge in [-0.05, 0) is 48.9 Å². The second-order valence-corrected chi connectivity index (χ2v) is 7.72. The molecule has 1 atom stereocenters. The van der Waals surface area contributed by atoms with Crippen molar-refractivity contribution in [2.75, 3.05) is 25.5 Å². The highest BCUT2D eigenvalue weighted by atomic mass is 16.5. The number of carbonyl (C=O) groups excluding carboxylic acids is 1. The molecule has 3 rings (SSSR count). The van der Waals surface area contributed by atoms with E-state index in [9.17, 15) is 9.59 Å². The highest BCUT2D eigenvalue weighted by Crippen LogP contribution is 2.31. The monoisotopic (exact) mass is 411 g/mol. The third-order valence-corrected chi connectivity index (χ3v) is 5.30. The van der Waals surface area contributed by atoms with E-state index in [1.807, 2.05) is 30.3 Å². The summed E-state index contributed by atoms with van der Waals surface area (Å²) in [6, 6.07) is 13.9. The van der Waals surface area contributed by atoms with Gasteiger partial charge in [-0.2, -0.15) is 0 Å². The summed E-state index contributed by atoms with van der Waals surface area (Å²) in [5.41, 5.74) is 7.88. The van der Waals surface area contributed by atoms with Gasteiger partial charge in [0.15, 0.2) is 0 Å². The van der Waals surface area contributed by atoms with Gasteiger partial charge in [-0.25, -0.2) is 0 Å². The highest BCUT2D eigenvalue weighted by Gasteiger charge is 2.25. The fraction of sp³-hybridized carbons (Fsp3) is 0.391. The molecule has 7 nitrogen and oxygen atoms in total. The van der Waals surface area contributed by atoms with E-state index in [-0.39, 0.29) is 5.91 Å². The van der Waals surface area contributed by atoms with E-state index in [2.05, 4.69) is 10.2 Å². The van der Waals surface area contributed by atoms with Gasteiger partial charge in [-0.1, -0.05) is 30.3 Å². The van der Waals surface area contributed by atoms with Crippen LogP contribution in [0.2, 0.25) is 0 Å². The molecule has 0 aliphatic heterocycles. The van der Waals surface area contributed by atoms with Crippen molar-refractivity contribution in [1.82, 2.24) is 4.90 Å². The normalized spacial score (nSPS) is 14.4. The molecule has 30 heavy (non-hydrogen) atoms. The lowest BCUT2D eigenvalue weighted by molar-refractivity contribution is -0.138. The number of carboxylic acids is 1.